The van der Waals surface area contributed by atoms with Crippen LogP contribution in [0.3, 0.4) is 0 Å². The fourth-order valence-electron chi connectivity index (χ4n) is 1.59. The molecule has 2 aromatic rings. The molecular formula is C9H6N4O3. The van der Waals surface area contributed by atoms with E-state index < -0.39 is 0 Å². The third-order valence-corrected chi connectivity index (χ3v) is 2.36. The average Bonchev–Trinajstić information content (AvgIpc) is 2.29. The van der Waals surface area contributed by atoms with Crippen molar-refractivity contribution in [2.24, 2.45) is 0 Å². The first kappa shape index (κ1) is 8.84. The van der Waals surface area contributed by atoms with Crippen molar-refractivity contribution in [1.29, 1.82) is 0 Å². The number of carbonyl (C=O) groups is 1. The van der Waals surface area contributed by atoms with Crippen LogP contribution < -0.4 is 15.6 Å². The molecule has 1 aliphatic heterocycles. The molecule has 0 unspecified atom stereocenters. The molecule has 0 saturated heterocycles. The van der Waals surface area contributed by atoms with Crippen LogP contribution in [-0.4, -0.2) is 28.0 Å². The number of H-pyrrole nitrogens is 1. The van der Waals surface area contributed by atoms with Gasteiger partial charge < -0.3 is 10.1 Å². The molecular weight excluding hydrogens is 212 g/mol. The van der Waals surface area contributed by atoms with E-state index in [4.69, 9.17) is 4.74 Å². The van der Waals surface area contributed by atoms with Crippen molar-refractivity contribution >= 4 is 16.8 Å². The summed E-state index contributed by atoms with van der Waals surface area (Å²) in [7, 11) is 0. The summed E-state index contributed by atoms with van der Waals surface area (Å²) in [4.78, 5) is 22.9. The summed E-state index contributed by atoms with van der Waals surface area (Å²) in [6.07, 6.45) is 0. The van der Waals surface area contributed by atoms with Gasteiger partial charge in [-0.05, 0) is 12.1 Å². The molecule has 7 heteroatoms. The van der Waals surface area contributed by atoms with Crippen LogP contribution >= 0.6 is 0 Å². The van der Waals surface area contributed by atoms with Crippen LogP contribution in [0.15, 0.2) is 16.9 Å². The zero-order valence-electron chi connectivity index (χ0n) is 7.98. The molecule has 0 saturated carbocycles. The van der Waals surface area contributed by atoms with Crippen molar-refractivity contribution in [3.05, 3.63) is 28.0 Å². The average molecular weight is 218 g/mol. The van der Waals surface area contributed by atoms with Gasteiger partial charge in [-0.25, -0.2) is 5.10 Å². The highest BCUT2D eigenvalue weighted by Crippen LogP contribution is 2.24. The third-order valence-electron chi connectivity index (χ3n) is 2.36. The smallest absolute Gasteiger partial charge is 0.275 e. The van der Waals surface area contributed by atoms with Crippen molar-refractivity contribution in [3.8, 4) is 5.75 Å². The molecule has 3 rings (SSSR count). The summed E-state index contributed by atoms with van der Waals surface area (Å²) < 4.78 is 5.22. The molecule has 7 nitrogen and oxygen atoms in total. The van der Waals surface area contributed by atoms with Crippen LogP contribution in [0.1, 0.15) is 10.4 Å². The summed E-state index contributed by atoms with van der Waals surface area (Å²) in [6, 6.07) is 2.98. The van der Waals surface area contributed by atoms with Gasteiger partial charge in [-0.3, -0.25) is 9.59 Å². The highest BCUT2D eigenvalue weighted by molar-refractivity contribution is 6.01. The standard InChI is InChI=1S/C9H6N4O3/c14-8-5-1-6-4(9(15)12-13-11-6)2-7(5)16-3-10-8/h1-2H,3H2,(H,10,14)(H,11,12,15). The molecule has 2 heterocycles. The number of rotatable bonds is 0. The molecule has 1 aromatic carbocycles. The second-order valence-electron chi connectivity index (χ2n) is 3.30. The van der Waals surface area contributed by atoms with Gasteiger partial charge in [-0.1, -0.05) is 5.21 Å². The number of ether oxygens (including phenoxy) is 1. The number of amides is 1. The van der Waals surface area contributed by atoms with Gasteiger partial charge in [0, 0.05) is 0 Å². The Bertz CT molecular complexity index is 649. The second-order valence-corrected chi connectivity index (χ2v) is 3.30. The van der Waals surface area contributed by atoms with Gasteiger partial charge in [0.1, 0.15) is 11.3 Å². The number of nitrogens with one attached hydrogen (secondary N) is 2. The fourth-order valence-corrected chi connectivity index (χ4v) is 1.59. The molecule has 0 radical (unpaired) electrons. The third kappa shape index (κ3) is 1.14. The maximum atomic E-state index is 11.5. The van der Waals surface area contributed by atoms with E-state index in [1.54, 1.807) is 0 Å². The van der Waals surface area contributed by atoms with E-state index in [2.05, 4.69) is 20.7 Å². The van der Waals surface area contributed by atoms with Gasteiger partial charge in [0.15, 0.2) is 6.73 Å². The summed E-state index contributed by atoms with van der Waals surface area (Å²) >= 11 is 0. The van der Waals surface area contributed by atoms with Gasteiger partial charge in [-0.15, -0.1) is 5.10 Å². The lowest BCUT2D eigenvalue weighted by molar-refractivity contribution is 0.0883. The molecule has 80 valence electrons. The topological polar surface area (TPSA) is 97.0 Å². The Kier molecular flexibility index (Phi) is 1.67. The predicted molar refractivity (Wildman–Crippen MR) is 53.1 cm³/mol. The van der Waals surface area contributed by atoms with Crippen molar-refractivity contribution in [2.75, 3.05) is 6.73 Å². The van der Waals surface area contributed by atoms with E-state index in [1.807, 2.05) is 0 Å². The molecule has 0 aliphatic carbocycles. The van der Waals surface area contributed by atoms with E-state index in [-0.39, 0.29) is 18.2 Å². The Balaban J connectivity index is 2.39. The van der Waals surface area contributed by atoms with Gasteiger partial charge >= 0.3 is 0 Å². The van der Waals surface area contributed by atoms with Crippen LogP contribution in [0.5, 0.6) is 5.75 Å². The van der Waals surface area contributed by atoms with Crippen LogP contribution in [-0.2, 0) is 0 Å². The van der Waals surface area contributed by atoms with Gasteiger partial charge in [0.25, 0.3) is 11.5 Å². The highest BCUT2D eigenvalue weighted by atomic mass is 16.5. The molecule has 0 spiro atoms. The molecule has 0 fully saturated rings. The number of carbonyl (C=O) groups excluding carboxylic acids is 1. The number of aromatic amines is 1. The maximum absolute atomic E-state index is 11.5. The lowest BCUT2D eigenvalue weighted by Gasteiger charge is -2.17. The monoisotopic (exact) mass is 218 g/mol. The Morgan fingerprint density at radius 1 is 1.31 bits per heavy atom. The van der Waals surface area contributed by atoms with E-state index in [1.165, 1.54) is 12.1 Å². The summed E-state index contributed by atoms with van der Waals surface area (Å²) in [6.45, 7) is 0.105. The van der Waals surface area contributed by atoms with E-state index in [0.29, 0.717) is 22.2 Å². The van der Waals surface area contributed by atoms with Gasteiger partial charge in [0.2, 0.25) is 0 Å². The molecule has 0 atom stereocenters. The first-order valence-corrected chi connectivity index (χ1v) is 4.56. The second kappa shape index (κ2) is 3.02. The summed E-state index contributed by atoms with van der Waals surface area (Å²) in [5, 5.41) is 12.3. The Labute approximate surface area is 88.4 Å². The summed E-state index contributed by atoms with van der Waals surface area (Å²) in [5.74, 6) is 0.139. The number of hydrogen-bond donors (Lipinski definition) is 2. The molecule has 1 aliphatic rings. The number of nitrogens with zero attached hydrogens (tertiary/aromatic N) is 2. The minimum absolute atomic E-state index is 0.105. The fraction of sp³-hybridized carbons (Fsp3) is 0.111. The lowest BCUT2D eigenvalue weighted by atomic mass is 10.1. The summed E-state index contributed by atoms with van der Waals surface area (Å²) in [5.41, 5.74) is 0.365. The Morgan fingerprint density at radius 3 is 3.06 bits per heavy atom. The largest absolute Gasteiger partial charge is 0.472 e. The van der Waals surface area contributed by atoms with Crippen LogP contribution in [0.2, 0.25) is 0 Å². The predicted octanol–water partition coefficient (Wildman–Crippen LogP) is -0.602. The van der Waals surface area contributed by atoms with Crippen molar-refractivity contribution in [1.82, 2.24) is 20.7 Å². The zero-order valence-corrected chi connectivity index (χ0v) is 7.98. The van der Waals surface area contributed by atoms with Crippen LogP contribution in [0.4, 0.5) is 0 Å². The van der Waals surface area contributed by atoms with Crippen molar-refractivity contribution in [3.63, 3.8) is 0 Å². The van der Waals surface area contributed by atoms with E-state index in [0.717, 1.165) is 0 Å². The molecule has 1 amide bonds. The molecule has 16 heavy (non-hydrogen) atoms. The van der Waals surface area contributed by atoms with E-state index >= 15 is 0 Å². The number of fused-ring (bicyclic) bond motifs is 2. The van der Waals surface area contributed by atoms with E-state index in [9.17, 15) is 9.59 Å². The lowest BCUT2D eigenvalue weighted by Crippen LogP contribution is -2.33. The van der Waals surface area contributed by atoms with Crippen LogP contribution in [0.25, 0.3) is 10.9 Å². The number of hydrogen-bond acceptors (Lipinski definition) is 5. The number of benzene rings is 1. The van der Waals surface area contributed by atoms with Gasteiger partial charge in [0.05, 0.1) is 10.9 Å². The first-order valence-electron chi connectivity index (χ1n) is 4.56. The van der Waals surface area contributed by atoms with Gasteiger partial charge in [-0.2, -0.15) is 0 Å². The maximum Gasteiger partial charge on any atom is 0.275 e. The first-order chi connectivity index (χ1) is 7.75. The molecule has 0 bridgehead atoms. The zero-order chi connectivity index (χ0) is 11.1. The SMILES string of the molecule is O=C1NCOc2cc3c(=O)[nH]nnc3cc21. The minimum atomic E-state index is -0.359. The van der Waals surface area contributed by atoms with Crippen LogP contribution in [0, 0.1) is 0 Å². The van der Waals surface area contributed by atoms with Crippen molar-refractivity contribution in [2.45, 2.75) is 0 Å². The highest BCUT2D eigenvalue weighted by Gasteiger charge is 2.19. The normalized spacial score (nSPS) is 14.1. The Hall–Kier alpha value is -2.44. The quantitative estimate of drug-likeness (QED) is 0.615. The number of aromatic nitrogens is 3. The van der Waals surface area contributed by atoms with Crippen molar-refractivity contribution < 1.29 is 9.53 Å². The molecule has 1 aromatic heterocycles. The Morgan fingerprint density at radius 2 is 2.19 bits per heavy atom. The molecule has 2 N–H and O–H groups in total. The minimum Gasteiger partial charge on any atom is -0.472 e.